The zero-order valence-electron chi connectivity index (χ0n) is 16.6. The van der Waals surface area contributed by atoms with Gasteiger partial charge in [-0.2, -0.15) is 0 Å². The molecule has 1 amide bonds. The molecule has 1 saturated heterocycles. The lowest BCUT2D eigenvalue weighted by Gasteiger charge is -2.19. The second-order valence-corrected chi connectivity index (χ2v) is 8.65. The van der Waals surface area contributed by atoms with Gasteiger partial charge in [0.1, 0.15) is 0 Å². The number of rotatable bonds is 7. The molecule has 0 aliphatic carbocycles. The van der Waals surface area contributed by atoms with Crippen LogP contribution in [0.5, 0.6) is 0 Å². The summed E-state index contributed by atoms with van der Waals surface area (Å²) in [7, 11) is -3.88. The Kier molecular flexibility index (Phi) is 6.70. The second kappa shape index (κ2) is 9.24. The summed E-state index contributed by atoms with van der Waals surface area (Å²) in [6, 6.07) is 13.1. The fraction of sp³-hybridized carbons (Fsp3) is 0.300. The van der Waals surface area contributed by atoms with E-state index >= 15 is 0 Å². The lowest BCUT2D eigenvalue weighted by Crippen LogP contribution is -2.45. The maximum atomic E-state index is 12.8. The molecule has 2 atom stereocenters. The van der Waals surface area contributed by atoms with Gasteiger partial charge in [0.05, 0.1) is 18.1 Å². The van der Waals surface area contributed by atoms with Gasteiger partial charge in [-0.05, 0) is 50.2 Å². The number of anilines is 2. The van der Waals surface area contributed by atoms with E-state index < -0.39 is 33.2 Å². The third-order valence-electron chi connectivity index (χ3n) is 4.58. The predicted molar refractivity (Wildman–Crippen MR) is 113 cm³/mol. The Morgan fingerprint density at radius 3 is 2.33 bits per heavy atom. The average Bonchev–Trinajstić information content (AvgIpc) is 3.21. The van der Waals surface area contributed by atoms with Crippen LogP contribution in [0.25, 0.3) is 0 Å². The number of hydrogen-bond donors (Lipinski definition) is 4. The number of hydrazine groups is 1. The lowest BCUT2D eigenvalue weighted by atomic mass is 10.1. The molecule has 2 aromatic carbocycles. The molecule has 0 radical (unpaired) electrons. The first-order valence-corrected chi connectivity index (χ1v) is 11.0. The van der Waals surface area contributed by atoms with E-state index in [9.17, 15) is 18.0 Å². The fourth-order valence-electron chi connectivity index (χ4n) is 2.99. The monoisotopic (exact) mass is 432 g/mol. The van der Waals surface area contributed by atoms with E-state index in [-0.39, 0.29) is 13.2 Å². The van der Waals surface area contributed by atoms with Crippen LogP contribution in [0, 0.1) is 12.8 Å². The molecule has 0 spiro atoms. The van der Waals surface area contributed by atoms with Crippen LogP contribution in [0.3, 0.4) is 0 Å². The molecule has 160 valence electrons. The van der Waals surface area contributed by atoms with Crippen molar-refractivity contribution in [2.24, 2.45) is 5.92 Å². The molecular weight excluding hydrogens is 408 g/mol. The minimum Gasteiger partial charge on any atom is -0.462 e. The van der Waals surface area contributed by atoms with Crippen LogP contribution in [-0.2, 0) is 19.6 Å². The van der Waals surface area contributed by atoms with Crippen molar-refractivity contribution in [3.8, 4) is 0 Å². The van der Waals surface area contributed by atoms with Crippen LogP contribution in [-0.4, -0.2) is 38.8 Å². The third kappa shape index (κ3) is 5.15. The topological polar surface area (TPSA) is 126 Å². The molecule has 0 aromatic heterocycles. The summed E-state index contributed by atoms with van der Waals surface area (Å²) in [5.41, 5.74) is 7.63. The number of aryl methyl sites for hydroxylation is 1. The van der Waals surface area contributed by atoms with Gasteiger partial charge >= 0.3 is 5.97 Å². The van der Waals surface area contributed by atoms with E-state index in [0.717, 1.165) is 5.56 Å². The summed E-state index contributed by atoms with van der Waals surface area (Å²) in [5.74, 6) is -1.78. The highest BCUT2D eigenvalue weighted by Gasteiger charge is 2.41. The summed E-state index contributed by atoms with van der Waals surface area (Å²) < 4.78 is 33.0. The van der Waals surface area contributed by atoms with E-state index in [4.69, 9.17) is 4.74 Å². The van der Waals surface area contributed by atoms with Gasteiger partial charge in [-0.1, -0.05) is 17.7 Å². The van der Waals surface area contributed by atoms with E-state index in [1.807, 2.05) is 6.92 Å². The molecule has 30 heavy (non-hydrogen) atoms. The Balaban J connectivity index is 1.67. The van der Waals surface area contributed by atoms with Crippen molar-refractivity contribution in [1.82, 2.24) is 10.9 Å². The van der Waals surface area contributed by atoms with Gasteiger partial charge < -0.3 is 10.1 Å². The van der Waals surface area contributed by atoms with Crippen molar-refractivity contribution in [3.05, 3.63) is 59.7 Å². The highest BCUT2D eigenvalue weighted by atomic mass is 32.2. The molecule has 2 aromatic rings. The van der Waals surface area contributed by atoms with E-state index in [1.165, 1.54) is 12.1 Å². The van der Waals surface area contributed by atoms with Gasteiger partial charge in [-0.25, -0.2) is 18.6 Å². The van der Waals surface area contributed by atoms with Crippen molar-refractivity contribution in [3.63, 3.8) is 0 Å². The number of hydrogen-bond acceptors (Lipinski definition) is 7. The number of amides is 1. The van der Waals surface area contributed by atoms with Crippen LogP contribution in [0.4, 0.5) is 11.4 Å². The molecular formula is C20H24N4O5S. The third-order valence-corrected chi connectivity index (χ3v) is 6.21. The van der Waals surface area contributed by atoms with Crippen LogP contribution in [0.15, 0.2) is 48.5 Å². The number of benzene rings is 2. The number of ether oxygens (including phenoxy) is 1. The zero-order chi connectivity index (χ0) is 21.7. The zero-order valence-corrected chi connectivity index (χ0v) is 17.5. The Bertz CT molecular complexity index is 1010. The fourth-order valence-corrected chi connectivity index (χ4v) is 4.47. The highest BCUT2D eigenvalue weighted by Crippen LogP contribution is 2.20. The van der Waals surface area contributed by atoms with Gasteiger partial charge in [0.15, 0.2) is 5.37 Å². The number of carbonyl (C=O) groups is 2. The summed E-state index contributed by atoms with van der Waals surface area (Å²) in [5, 5.41) is 1.54. The number of carbonyl (C=O) groups excluding carboxylic acids is 2. The first kappa shape index (κ1) is 21.8. The second-order valence-electron chi connectivity index (χ2n) is 6.85. The molecule has 10 heteroatoms. The van der Waals surface area contributed by atoms with Crippen LogP contribution in [0.1, 0.15) is 22.8 Å². The molecule has 1 heterocycles. The Labute approximate surface area is 175 Å². The lowest BCUT2D eigenvalue weighted by molar-refractivity contribution is -0.119. The SMILES string of the molecule is CCOC(=O)c1ccc(NC(=O)C2CNNC2S(=O)(=O)Nc2ccc(C)cc2)cc1. The minimum atomic E-state index is -3.88. The Morgan fingerprint density at radius 2 is 1.70 bits per heavy atom. The molecule has 1 aliphatic rings. The van der Waals surface area contributed by atoms with Gasteiger partial charge in [-0.3, -0.25) is 14.9 Å². The van der Waals surface area contributed by atoms with Crippen molar-refractivity contribution in [2.75, 3.05) is 23.2 Å². The van der Waals surface area contributed by atoms with Crippen molar-refractivity contribution < 1.29 is 22.7 Å². The van der Waals surface area contributed by atoms with Crippen LogP contribution in [0.2, 0.25) is 0 Å². The number of sulfonamides is 1. The largest absolute Gasteiger partial charge is 0.462 e. The summed E-state index contributed by atoms with van der Waals surface area (Å²) >= 11 is 0. The van der Waals surface area contributed by atoms with Gasteiger partial charge in [-0.15, -0.1) is 0 Å². The predicted octanol–water partition coefficient (Wildman–Crippen LogP) is 1.60. The van der Waals surface area contributed by atoms with Crippen molar-refractivity contribution in [2.45, 2.75) is 19.2 Å². The molecule has 1 aliphatic heterocycles. The summed E-state index contributed by atoms with van der Waals surface area (Å²) in [6.45, 7) is 4.03. The molecule has 9 nitrogen and oxygen atoms in total. The van der Waals surface area contributed by atoms with Crippen molar-refractivity contribution in [1.29, 1.82) is 0 Å². The first-order valence-electron chi connectivity index (χ1n) is 9.45. The molecule has 1 fully saturated rings. The molecule has 3 rings (SSSR count). The summed E-state index contributed by atoms with van der Waals surface area (Å²) in [4.78, 5) is 24.4. The van der Waals surface area contributed by atoms with Crippen LogP contribution >= 0.6 is 0 Å². The van der Waals surface area contributed by atoms with E-state index in [0.29, 0.717) is 16.9 Å². The van der Waals surface area contributed by atoms with E-state index in [2.05, 4.69) is 20.9 Å². The summed E-state index contributed by atoms with van der Waals surface area (Å²) in [6.07, 6.45) is 0. The molecule has 2 unspecified atom stereocenters. The standard InChI is InChI=1S/C20H24N4O5S/c1-3-29-20(26)14-6-10-15(11-7-14)22-18(25)17-12-21-23-19(17)30(27,28)24-16-8-4-13(2)5-9-16/h4-11,17,19,21,23-24H,3,12H2,1-2H3,(H,22,25). The van der Waals surface area contributed by atoms with Crippen LogP contribution < -0.4 is 20.9 Å². The highest BCUT2D eigenvalue weighted by molar-refractivity contribution is 7.93. The number of nitrogens with one attached hydrogen (secondary N) is 4. The maximum Gasteiger partial charge on any atom is 0.338 e. The van der Waals surface area contributed by atoms with E-state index in [1.54, 1.807) is 43.3 Å². The van der Waals surface area contributed by atoms with Crippen molar-refractivity contribution >= 4 is 33.3 Å². The average molecular weight is 433 g/mol. The molecule has 0 saturated carbocycles. The van der Waals surface area contributed by atoms with Gasteiger partial charge in [0.25, 0.3) is 10.0 Å². The van der Waals surface area contributed by atoms with Gasteiger partial charge in [0.2, 0.25) is 5.91 Å². The first-order chi connectivity index (χ1) is 14.3. The maximum absolute atomic E-state index is 12.8. The van der Waals surface area contributed by atoms with Gasteiger partial charge in [0, 0.05) is 17.9 Å². The molecule has 0 bridgehead atoms. The normalized spacial score (nSPS) is 18.6. The smallest absolute Gasteiger partial charge is 0.338 e. The Hall–Kier alpha value is -2.95. The Morgan fingerprint density at radius 1 is 1.07 bits per heavy atom. The molecule has 4 N–H and O–H groups in total. The number of esters is 1. The quantitative estimate of drug-likeness (QED) is 0.490. The minimum absolute atomic E-state index is 0.145.